The number of H-pyrrole nitrogens is 1. The van der Waals surface area contributed by atoms with Crippen LogP contribution in [0.15, 0.2) is 255 Å². The van der Waals surface area contributed by atoms with Crippen LogP contribution in [0.2, 0.25) is 0 Å². The van der Waals surface area contributed by atoms with Crippen molar-refractivity contribution in [3.8, 4) is 61.3 Å². The molecule has 0 aliphatic carbocycles. The van der Waals surface area contributed by atoms with Crippen LogP contribution in [-0.2, 0) is 0 Å². The molecule has 0 saturated heterocycles. The first-order valence-corrected chi connectivity index (χ1v) is 24.0. The number of rotatable bonds is 12. The molecule has 0 amide bonds. The Bertz CT molecular complexity index is 3740. The smallest absolute Gasteiger partial charge is 0.0880 e. The van der Waals surface area contributed by atoms with Gasteiger partial charge in [0.2, 0.25) is 0 Å². The Morgan fingerprint density at radius 2 is 0.800 bits per heavy atom. The second kappa shape index (κ2) is 18.5. The van der Waals surface area contributed by atoms with Gasteiger partial charge < -0.3 is 11.5 Å². The van der Waals surface area contributed by atoms with Crippen LogP contribution in [0.25, 0.3) is 93.9 Å². The Hall–Kier alpha value is -8.58. The van der Waals surface area contributed by atoms with Gasteiger partial charge in [0.15, 0.2) is 0 Å². The van der Waals surface area contributed by atoms with Gasteiger partial charge in [-0.25, -0.2) is 0 Å². The van der Waals surface area contributed by atoms with Crippen molar-refractivity contribution in [2.45, 2.75) is 18.2 Å². The average Bonchev–Trinajstić information content (AvgIpc) is 3.42. The van der Waals surface area contributed by atoms with Gasteiger partial charge in [-0.2, -0.15) is 0 Å². The lowest BCUT2D eigenvalue weighted by molar-refractivity contribution is 0.398. The van der Waals surface area contributed by atoms with Crippen molar-refractivity contribution in [3.05, 3.63) is 271 Å². The van der Waals surface area contributed by atoms with Crippen LogP contribution in [0, 0.1) is 0 Å². The maximum absolute atomic E-state index is 7.16. The third-order valence-electron chi connectivity index (χ3n) is 14.0. The molecule has 6 N–H and O–H groups in total. The molecule has 0 aliphatic rings. The summed E-state index contributed by atoms with van der Waals surface area (Å²) in [5.41, 5.74) is 32.4. The normalized spacial score (nSPS) is 12.9. The Morgan fingerprint density at radius 3 is 1.36 bits per heavy atom. The Morgan fingerprint density at radius 1 is 0.357 bits per heavy atom. The number of para-hydroxylation sites is 1. The molecular formula is C65H51N5. The fourth-order valence-electron chi connectivity index (χ4n) is 10.1. The highest BCUT2D eigenvalue weighted by Gasteiger charge is 2.24. The molecule has 12 rings (SSSR count). The third kappa shape index (κ3) is 8.29. The van der Waals surface area contributed by atoms with Crippen LogP contribution in [0.1, 0.15) is 34.9 Å². The maximum Gasteiger partial charge on any atom is 0.0880 e. The molecule has 5 nitrogen and oxygen atoms in total. The topological polar surface area (TPSA) is 84.8 Å². The molecule has 11 aromatic carbocycles. The first-order valence-electron chi connectivity index (χ1n) is 24.0. The summed E-state index contributed by atoms with van der Waals surface area (Å²) in [7, 11) is 0. The van der Waals surface area contributed by atoms with E-state index in [2.05, 4.69) is 227 Å². The molecule has 0 aliphatic heterocycles. The lowest BCUT2D eigenvalue weighted by Crippen LogP contribution is -2.38. The number of nitrogens with zero attached hydrogens (tertiary/aromatic N) is 1. The highest BCUT2D eigenvalue weighted by atomic mass is 15.3. The van der Waals surface area contributed by atoms with Gasteiger partial charge in [0.25, 0.3) is 0 Å². The second-order valence-corrected chi connectivity index (χ2v) is 18.2. The minimum absolute atomic E-state index is 0.245. The van der Waals surface area contributed by atoms with E-state index in [-0.39, 0.29) is 12.1 Å². The summed E-state index contributed by atoms with van der Waals surface area (Å²) in [6.07, 6.45) is -0.403. The molecular weight excluding hydrogens is 851 g/mol. The minimum atomic E-state index is -0.403. The van der Waals surface area contributed by atoms with Gasteiger partial charge in [0.05, 0.1) is 28.9 Å². The molecule has 70 heavy (non-hydrogen) atoms. The van der Waals surface area contributed by atoms with Crippen molar-refractivity contribution >= 4 is 32.6 Å². The number of benzene rings is 11. The summed E-state index contributed by atoms with van der Waals surface area (Å²) < 4.78 is 2.12. The van der Waals surface area contributed by atoms with Crippen molar-refractivity contribution in [1.82, 2.24) is 15.1 Å². The highest BCUT2D eigenvalue weighted by Crippen LogP contribution is 2.39. The van der Waals surface area contributed by atoms with E-state index >= 15 is 0 Å². The molecule has 3 atom stereocenters. The number of aromatic nitrogens is 2. The summed E-state index contributed by atoms with van der Waals surface area (Å²) in [6.45, 7) is 0. The molecule has 12 aromatic rings. The summed E-state index contributed by atoms with van der Waals surface area (Å²) in [5, 5.41) is 12.0. The summed E-state index contributed by atoms with van der Waals surface area (Å²) >= 11 is 0. The number of fused-ring (bicyclic) bond motifs is 3. The Kier molecular flexibility index (Phi) is 11.3. The fourth-order valence-corrected chi connectivity index (χ4v) is 10.1. The molecule has 2 unspecified atom stereocenters. The van der Waals surface area contributed by atoms with Crippen molar-refractivity contribution in [3.63, 3.8) is 0 Å². The van der Waals surface area contributed by atoms with Crippen LogP contribution in [-0.4, -0.2) is 9.78 Å². The van der Waals surface area contributed by atoms with Gasteiger partial charge >= 0.3 is 0 Å². The number of hydrogen-bond donors (Lipinski definition) is 4. The van der Waals surface area contributed by atoms with Crippen LogP contribution in [0.5, 0.6) is 0 Å². The largest absolute Gasteiger partial charge is 0.322 e. The summed E-state index contributed by atoms with van der Waals surface area (Å²) in [4.78, 5) is 0. The van der Waals surface area contributed by atoms with Gasteiger partial charge in [-0.05, 0) is 130 Å². The first-order chi connectivity index (χ1) is 34.5. The molecule has 1 heterocycles. The quantitative estimate of drug-likeness (QED) is 0.0922. The highest BCUT2D eigenvalue weighted by molar-refractivity contribution is 6.07. The Balaban J connectivity index is 0.792. The van der Waals surface area contributed by atoms with E-state index in [4.69, 9.17) is 11.5 Å². The van der Waals surface area contributed by atoms with Crippen molar-refractivity contribution < 1.29 is 0 Å². The van der Waals surface area contributed by atoms with E-state index in [1.165, 1.54) is 66.0 Å². The standard InChI is InChI=1S/C65H51N5/c66-63(48-30-26-44(27-31-48)43-12-4-1-5-13-43)64(68-65(67)50-14-6-2-7-15-50)49-32-28-46(29-33-49)52-35-38-58-55(41-52)17-11-21-60(58)59-20-10-16-54-40-51(34-37-57(54)59)45-22-24-47(25-23-45)53-36-39-62-61(42-53)69-70(62)56-18-8-3-9-19-56/h1-42,63-65,68-69H,66-67H2/t63-,64?,65?/m0/s1. The predicted octanol–water partition coefficient (Wildman–Crippen LogP) is 15.6. The summed E-state index contributed by atoms with van der Waals surface area (Å²) in [5.74, 6) is 0. The van der Waals surface area contributed by atoms with E-state index in [1.54, 1.807) is 0 Å². The zero-order chi connectivity index (χ0) is 47.0. The van der Waals surface area contributed by atoms with E-state index in [0.717, 1.165) is 44.6 Å². The van der Waals surface area contributed by atoms with Crippen LogP contribution in [0.3, 0.4) is 0 Å². The van der Waals surface area contributed by atoms with E-state index in [0.29, 0.717) is 0 Å². The Labute approximate surface area is 408 Å². The zero-order valence-electron chi connectivity index (χ0n) is 38.6. The van der Waals surface area contributed by atoms with Crippen molar-refractivity contribution in [1.29, 1.82) is 0 Å². The number of nitrogens with two attached hydrogens (primary N) is 2. The van der Waals surface area contributed by atoms with Gasteiger partial charge in [-0.15, -0.1) is 0 Å². The van der Waals surface area contributed by atoms with Crippen LogP contribution < -0.4 is 16.8 Å². The lowest BCUT2D eigenvalue weighted by atomic mass is 9.90. The lowest BCUT2D eigenvalue weighted by Gasteiger charge is -2.29. The molecule has 336 valence electrons. The van der Waals surface area contributed by atoms with Crippen molar-refractivity contribution in [2.24, 2.45) is 11.5 Å². The first kappa shape index (κ1) is 42.8. The number of nitrogens with one attached hydrogen (secondary N) is 2. The van der Waals surface area contributed by atoms with Crippen LogP contribution in [0.4, 0.5) is 0 Å². The van der Waals surface area contributed by atoms with Gasteiger partial charge in [0.1, 0.15) is 0 Å². The number of hydrogen-bond acceptors (Lipinski definition) is 3. The second-order valence-electron chi connectivity index (χ2n) is 18.2. The van der Waals surface area contributed by atoms with Crippen molar-refractivity contribution in [2.75, 3.05) is 0 Å². The zero-order valence-corrected chi connectivity index (χ0v) is 38.6. The van der Waals surface area contributed by atoms with E-state index in [9.17, 15) is 0 Å². The molecule has 1 aromatic heterocycles. The third-order valence-corrected chi connectivity index (χ3v) is 14.0. The average molecular weight is 902 g/mol. The van der Waals surface area contributed by atoms with E-state index in [1.807, 2.05) is 42.5 Å². The van der Waals surface area contributed by atoms with E-state index < -0.39 is 6.17 Å². The molecule has 5 heteroatoms. The number of aromatic amines is 1. The van der Waals surface area contributed by atoms with Gasteiger partial charge in [0, 0.05) is 6.04 Å². The molecule has 0 bridgehead atoms. The molecule has 0 radical (unpaired) electrons. The monoisotopic (exact) mass is 901 g/mol. The fraction of sp³-hybridized carbons (Fsp3) is 0.0462. The summed E-state index contributed by atoms with van der Waals surface area (Å²) in [6, 6.07) is 90.2. The van der Waals surface area contributed by atoms with Gasteiger partial charge in [-0.1, -0.05) is 218 Å². The SMILES string of the molecule is NC(NC(c1ccc(-c2ccc3c(-c4cccc5cc(-c6ccc(-c7ccc8c(c7)[nH]n8-c7ccccc7)cc6)ccc45)cccc3c2)cc1)[C@@H](N)c1ccc(-c2ccccc2)cc1)c1ccccc1. The molecule has 0 fully saturated rings. The molecule has 0 spiro atoms. The molecule has 0 saturated carbocycles. The predicted molar refractivity (Wildman–Crippen MR) is 292 cm³/mol. The van der Waals surface area contributed by atoms with Gasteiger partial charge in [-0.3, -0.25) is 15.1 Å². The minimum Gasteiger partial charge on any atom is -0.322 e. The van der Waals surface area contributed by atoms with Crippen LogP contribution >= 0.6 is 0 Å². The maximum atomic E-state index is 7.16.